The van der Waals surface area contributed by atoms with Crippen molar-refractivity contribution < 1.29 is 4.39 Å². The van der Waals surface area contributed by atoms with Crippen molar-refractivity contribution in [1.82, 2.24) is 9.55 Å². The van der Waals surface area contributed by atoms with Crippen molar-refractivity contribution in [2.24, 2.45) is 0 Å². The molecule has 1 heterocycles. The second-order valence-corrected chi connectivity index (χ2v) is 6.08. The van der Waals surface area contributed by atoms with Crippen LogP contribution in [0.3, 0.4) is 0 Å². The number of nitrogens with zero attached hydrogens (tertiary/aromatic N) is 2. The lowest BCUT2D eigenvalue weighted by molar-refractivity contribution is 0.616. The molecule has 0 saturated carbocycles. The Morgan fingerprint density at radius 1 is 1.17 bits per heavy atom. The molecule has 3 nitrogen and oxygen atoms in total. The molecule has 23 heavy (non-hydrogen) atoms. The highest BCUT2D eigenvalue weighted by molar-refractivity contribution is 7.98. The molecule has 3 rings (SSSR count). The fraction of sp³-hybridized carbons (Fsp3) is 0.111. The number of hydrogen-bond donors (Lipinski definition) is 0. The van der Waals surface area contributed by atoms with E-state index in [-0.39, 0.29) is 11.4 Å². The van der Waals surface area contributed by atoms with Crippen molar-refractivity contribution in [2.75, 3.05) is 0 Å². The Morgan fingerprint density at radius 3 is 2.70 bits per heavy atom. The van der Waals surface area contributed by atoms with Gasteiger partial charge in [-0.15, -0.1) is 0 Å². The van der Waals surface area contributed by atoms with Crippen molar-refractivity contribution >= 4 is 11.8 Å². The van der Waals surface area contributed by atoms with E-state index in [0.29, 0.717) is 22.0 Å². The van der Waals surface area contributed by atoms with E-state index in [1.807, 2.05) is 30.3 Å². The Hall–Kier alpha value is -2.40. The average molecular weight is 326 g/mol. The second-order valence-electron chi connectivity index (χ2n) is 5.12. The monoisotopic (exact) mass is 326 g/mol. The van der Waals surface area contributed by atoms with E-state index in [2.05, 4.69) is 4.98 Å². The van der Waals surface area contributed by atoms with Crippen LogP contribution in [0.15, 0.2) is 70.7 Å². The molecule has 5 heteroatoms. The minimum atomic E-state index is -0.329. The summed E-state index contributed by atoms with van der Waals surface area (Å²) in [7, 11) is 0. The van der Waals surface area contributed by atoms with Gasteiger partial charge in [-0.2, -0.15) is 0 Å². The summed E-state index contributed by atoms with van der Waals surface area (Å²) >= 11 is 1.38. The Kier molecular flexibility index (Phi) is 4.57. The van der Waals surface area contributed by atoms with Crippen molar-refractivity contribution in [3.63, 3.8) is 0 Å². The van der Waals surface area contributed by atoms with Crippen LogP contribution in [0.1, 0.15) is 11.1 Å². The summed E-state index contributed by atoms with van der Waals surface area (Å²) in [5.41, 5.74) is 1.93. The van der Waals surface area contributed by atoms with E-state index in [1.165, 1.54) is 22.4 Å². The number of aromatic nitrogens is 2. The minimum absolute atomic E-state index is 0.239. The van der Waals surface area contributed by atoms with Crippen LogP contribution in [0.4, 0.5) is 4.39 Å². The number of thioether (sulfide) groups is 1. The van der Waals surface area contributed by atoms with E-state index in [4.69, 9.17) is 0 Å². The predicted octanol–water partition coefficient (Wildman–Crippen LogP) is 3.97. The molecule has 0 spiro atoms. The molecule has 0 aliphatic rings. The molecule has 0 fully saturated rings. The lowest BCUT2D eigenvalue weighted by Crippen LogP contribution is -2.20. The fourth-order valence-electron chi connectivity index (χ4n) is 2.15. The highest BCUT2D eigenvalue weighted by atomic mass is 32.2. The molecular weight excluding hydrogens is 311 g/mol. The van der Waals surface area contributed by atoms with Gasteiger partial charge in [0.15, 0.2) is 5.03 Å². The Morgan fingerprint density at radius 2 is 1.96 bits per heavy atom. The number of hydrogen-bond acceptors (Lipinski definition) is 3. The molecule has 116 valence electrons. The maximum atomic E-state index is 13.7. The molecule has 0 amide bonds. The first-order valence-corrected chi connectivity index (χ1v) is 8.14. The second kappa shape index (κ2) is 6.79. The largest absolute Gasteiger partial charge is 0.287 e. The maximum Gasteiger partial charge on any atom is 0.287 e. The number of rotatable bonds is 4. The van der Waals surface area contributed by atoms with Gasteiger partial charge in [-0.1, -0.05) is 48.2 Å². The quantitative estimate of drug-likeness (QED) is 0.680. The topological polar surface area (TPSA) is 34.9 Å². The van der Waals surface area contributed by atoms with Gasteiger partial charge in [-0.25, -0.2) is 9.37 Å². The van der Waals surface area contributed by atoms with Gasteiger partial charge in [0.2, 0.25) is 0 Å². The summed E-state index contributed by atoms with van der Waals surface area (Å²) < 4.78 is 15.1. The molecule has 0 aliphatic carbocycles. The minimum Gasteiger partial charge on any atom is -0.280 e. The van der Waals surface area contributed by atoms with Gasteiger partial charge in [0, 0.05) is 18.1 Å². The van der Waals surface area contributed by atoms with Crippen LogP contribution in [0.2, 0.25) is 0 Å². The number of halogens is 1. The molecule has 0 atom stereocenters. The van der Waals surface area contributed by atoms with Gasteiger partial charge < -0.3 is 0 Å². The van der Waals surface area contributed by atoms with Gasteiger partial charge in [-0.05, 0) is 30.2 Å². The summed E-state index contributed by atoms with van der Waals surface area (Å²) in [5.74, 6) is 0.333. The van der Waals surface area contributed by atoms with Crippen LogP contribution in [0.5, 0.6) is 0 Å². The molecule has 0 bridgehead atoms. The standard InChI is InChI=1S/C18H15FN2OS/c1-13-7-8-15(11-16(13)19)21-10-9-20-17(18(21)22)23-12-14-5-3-2-4-6-14/h2-11H,12H2,1H3. The van der Waals surface area contributed by atoms with Crippen molar-refractivity contribution in [2.45, 2.75) is 17.7 Å². The first kappa shape index (κ1) is 15.5. The molecule has 0 N–H and O–H groups in total. The fourth-order valence-corrected chi connectivity index (χ4v) is 3.01. The third-order valence-corrected chi connectivity index (χ3v) is 4.49. The van der Waals surface area contributed by atoms with Crippen LogP contribution < -0.4 is 5.56 Å². The normalized spacial score (nSPS) is 10.7. The predicted molar refractivity (Wildman–Crippen MR) is 90.5 cm³/mol. The van der Waals surface area contributed by atoms with Crippen molar-refractivity contribution in [3.8, 4) is 5.69 Å². The van der Waals surface area contributed by atoms with Crippen LogP contribution in [0, 0.1) is 12.7 Å². The van der Waals surface area contributed by atoms with Gasteiger partial charge in [0.25, 0.3) is 5.56 Å². The van der Waals surface area contributed by atoms with Gasteiger partial charge in [0.1, 0.15) is 5.82 Å². The molecule has 1 aromatic heterocycles. The van der Waals surface area contributed by atoms with E-state index < -0.39 is 0 Å². The van der Waals surface area contributed by atoms with Crippen molar-refractivity contribution in [1.29, 1.82) is 0 Å². The van der Waals surface area contributed by atoms with Crippen LogP contribution in [0.25, 0.3) is 5.69 Å². The average Bonchev–Trinajstić information content (AvgIpc) is 2.57. The van der Waals surface area contributed by atoms with E-state index in [0.717, 1.165) is 5.56 Å². The smallest absolute Gasteiger partial charge is 0.280 e. The summed E-state index contributed by atoms with van der Waals surface area (Å²) in [5, 5.41) is 0.400. The Labute approximate surface area is 137 Å². The van der Waals surface area contributed by atoms with Gasteiger partial charge in [-0.3, -0.25) is 9.36 Å². The number of aryl methyl sites for hydroxylation is 1. The summed E-state index contributed by atoms with van der Waals surface area (Å²) in [4.78, 5) is 16.7. The molecule has 0 aliphatic heterocycles. The first-order valence-electron chi connectivity index (χ1n) is 7.16. The Balaban J connectivity index is 1.89. The summed E-state index contributed by atoms with van der Waals surface area (Å²) in [6.07, 6.45) is 3.12. The third-order valence-electron chi connectivity index (χ3n) is 3.46. The van der Waals surface area contributed by atoms with E-state index in [1.54, 1.807) is 31.5 Å². The molecule has 0 radical (unpaired) electrons. The highest BCUT2D eigenvalue weighted by Crippen LogP contribution is 2.18. The summed E-state index contributed by atoms with van der Waals surface area (Å²) in [6, 6.07) is 14.6. The first-order chi connectivity index (χ1) is 11.1. The zero-order chi connectivity index (χ0) is 16.2. The maximum absolute atomic E-state index is 13.7. The summed E-state index contributed by atoms with van der Waals surface area (Å²) in [6.45, 7) is 1.69. The lowest BCUT2D eigenvalue weighted by Gasteiger charge is -2.08. The highest BCUT2D eigenvalue weighted by Gasteiger charge is 2.09. The van der Waals surface area contributed by atoms with Crippen LogP contribution in [-0.4, -0.2) is 9.55 Å². The molecule has 3 aromatic rings. The Bertz CT molecular complexity index is 878. The van der Waals surface area contributed by atoms with Gasteiger partial charge >= 0.3 is 0 Å². The van der Waals surface area contributed by atoms with E-state index in [9.17, 15) is 9.18 Å². The third kappa shape index (κ3) is 3.51. The number of benzene rings is 2. The lowest BCUT2D eigenvalue weighted by atomic mass is 10.2. The SMILES string of the molecule is Cc1ccc(-n2ccnc(SCc3ccccc3)c2=O)cc1F. The van der Waals surface area contributed by atoms with Gasteiger partial charge in [0.05, 0.1) is 5.69 Å². The molecule has 2 aromatic carbocycles. The molecule has 0 saturated heterocycles. The van der Waals surface area contributed by atoms with Crippen molar-refractivity contribution in [3.05, 3.63) is 88.2 Å². The molecular formula is C18H15FN2OS. The zero-order valence-corrected chi connectivity index (χ0v) is 13.4. The molecule has 0 unspecified atom stereocenters. The van der Waals surface area contributed by atoms with E-state index >= 15 is 0 Å². The zero-order valence-electron chi connectivity index (χ0n) is 12.6. The van der Waals surface area contributed by atoms with Crippen LogP contribution >= 0.6 is 11.8 Å². The van der Waals surface area contributed by atoms with Crippen LogP contribution in [-0.2, 0) is 5.75 Å².